The number of aliphatic carboxylic acids is 1. The average Bonchev–Trinajstić information content (AvgIpc) is 2.47. The van der Waals surface area contributed by atoms with Crippen LogP contribution in [-0.2, 0) is 9.59 Å². The number of nitrogens with one attached hydrogen (secondary N) is 2. The van der Waals surface area contributed by atoms with Crippen molar-refractivity contribution < 1.29 is 19.5 Å². The van der Waals surface area contributed by atoms with Gasteiger partial charge in [0.1, 0.15) is 12.1 Å². The summed E-state index contributed by atoms with van der Waals surface area (Å²) in [5.41, 5.74) is -1.18. The summed E-state index contributed by atoms with van der Waals surface area (Å²) in [6, 6.07) is -0.456. The number of carboxylic acids is 1. The van der Waals surface area contributed by atoms with Crippen molar-refractivity contribution in [2.75, 3.05) is 19.6 Å². The third kappa shape index (κ3) is 3.46. The van der Waals surface area contributed by atoms with Crippen molar-refractivity contribution >= 4 is 17.9 Å². The van der Waals surface area contributed by atoms with Gasteiger partial charge in [0, 0.05) is 13.1 Å². The standard InChI is InChI=1S/C14H23N3O4/c1-2-10-3-5-14(6-4-10,12(19)20)16-13(21)17-8-7-15-11(18)9-17/h10H,2-9H2,1H3,(H,15,18)(H,16,21)(H,19,20). The second-order valence-corrected chi connectivity index (χ2v) is 5.94. The highest BCUT2D eigenvalue weighted by atomic mass is 16.4. The number of hydrogen-bond acceptors (Lipinski definition) is 3. The van der Waals surface area contributed by atoms with Crippen molar-refractivity contribution in [3.05, 3.63) is 0 Å². The van der Waals surface area contributed by atoms with E-state index >= 15 is 0 Å². The zero-order valence-electron chi connectivity index (χ0n) is 12.4. The molecule has 0 unspecified atom stereocenters. The van der Waals surface area contributed by atoms with E-state index in [4.69, 9.17) is 0 Å². The van der Waals surface area contributed by atoms with Crippen LogP contribution in [0.3, 0.4) is 0 Å². The third-order valence-corrected chi connectivity index (χ3v) is 4.62. The van der Waals surface area contributed by atoms with Crippen molar-refractivity contribution in [3.63, 3.8) is 0 Å². The molecule has 0 spiro atoms. The molecule has 1 aliphatic carbocycles. The maximum absolute atomic E-state index is 12.2. The van der Waals surface area contributed by atoms with Crippen LogP contribution in [0.2, 0.25) is 0 Å². The number of nitrogens with zero attached hydrogens (tertiary/aromatic N) is 1. The molecule has 1 aliphatic heterocycles. The number of hydrogen-bond donors (Lipinski definition) is 3. The molecule has 1 saturated heterocycles. The Morgan fingerprint density at radius 2 is 2.10 bits per heavy atom. The number of rotatable bonds is 3. The van der Waals surface area contributed by atoms with Crippen LogP contribution in [-0.4, -0.2) is 53.1 Å². The Bertz CT molecular complexity index is 430. The minimum absolute atomic E-state index is 0.0148. The van der Waals surface area contributed by atoms with Crippen LogP contribution in [0, 0.1) is 5.92 Å². The van der Waals surface area contributed by atoms with Crippen molar-refractivity contribution in [2.45, 2.75) is 44.6 Å². The fraction of sp³-hybridized carbons (Fsp3) is 0.786. The van der Waals surface area contributed by atoms with Crippen molar-refractivity contribution in [3.8, 4) is 0 Å². The first kappa shape index (κ1) is 15.6. The predicted molar refractivity (Wildman–Crippen MR) is 75.7 cm³/mol. The van der Waals surface area contributed by atoms with E-state index in [2.05, 4.69) is 17.6 Å². The maximum atomic E-state index is 12.2. The maximum Gasteiger partial charge on any atom is 0.329 e. The summed E-state index contributed by atoms with van der Waals surface area (Å²) >= 11 is 0. The largest absolute Gasteiger partial charge is 0.480 e. The Hall–Kier alpha value is -1.79. The first-order chi connectivity index (χ1) is 9.97. The summed E-state index contributed by atoms with van der Waals surface area (Å²) < 4.78 is 0. The summed E-state index contributed by atoms with van der Waals surface area (Å²) in [7, 11) is 0. The van der Waals surface area contributed by atoms with E-state index in [1.54, 1.807) is 0 Å². The highest BCUT2D eigenvalue weighted by molar-refractivity contribution is 5.89. The predicted octanol–water partition coefficient (Wildman–Crippen LogP) is 0.551. The van der Waals surface area contributed by atoms with Crippen LogP contribution in [0.1, 0.15) is 39.0 Å². The first-order valence-corrected chi connectivity index (χ1v) is 7.54. The molecule has 0 bridgehead atoms. The minimum atomic E-state index is -1.18. The number of urea groups is 1. The zero-order valence-corrected chi connectivity index (χ0v) is 12.4. The molecule has 1 saturated carbocycles. The Balaban J connectivity index is 2.01. The van der Waals surface area contributed by atoms with Gasteiger partial charge >= 0.3 is 12.0 Å². The number of carboxylic acid groups (broad SMARTS) is 1. The molecular formula is C14H23N3O4. The summed E-state index contributed by atoms with van der Waals surface area (Å²) in [6.45, 7) is 2.90. The van der Waals surface area contributed by atoms with Gasteiger partial charge in [-0.05, 0) is 31.6 Å². The normalized spacial score (nSPS) is 29.7. The molecule has 0 aromatic carbocycles. The molecule has 118 valence electrons. The first-order valence-electron chi connectivity index (χ1n) is 7.54. The molecule has 7 heteroatoms. The SMILES string of the molecule is CCC1CCC(NC(=O)N2CCNC(=O)C2)(C(=O)O)CC1. The molecule has 0 aromatic rings. The third-order valence-electron chi connectivity index (χ3n) is 4.62. The van der Waals surface area contributed by atoms with Gasteiger partial charge in [0.05, 0.1) is 0 Å². The Morgan fingerprint density at radius 3 is 2.62 bits per heavy atom. The van der Waals surface area contributed by atoms with Crippen LogP contribution >= 0.6 is 0 Å². The molecule has 2 aliphatic rings. The Labute approximate surface area is 124 Å². The molecule has 0 atom stereocenters. The van der Waals surface area contributed by atoms with E-state index in [-0.39, 0.29) is 12.5 Å². The zero-order chi connectivity index (χ0) is 15.5. The van der Waals surface area contributed by atoms with Crippen LogP contribution in [0.15, 0.2) is 0 Å². The van der Waals surface area contributed by atoms with Gasteiger partial charge in [0.15, 0.2) is 0 Å². The summed E-state index contributed by atoms with van der Waals surface area (Å²) in [4.78, 5) is 36.6. The fourth-order valence-corrected chi connectivity index (χ4v) is 3.07. The van der Waals surface area contributed by atoms with Gasteiger partial charge in [-0.15, -0.1) is 0 Å². The smallest absolute Gasteiger partial charge is 0.329 e. The monoisotopic (exact) mass is 297 g/mol. The lowest BCUT2D eigenvalue weighted by atomic mass is 9.75. The number of amides is 3. The molecule has 0 radical (unpaired) electrons. The highest BCUT2D eigenvalue weighted by Crippen LogP contribution is 2.34. The lowest BCUT2D eigenvalue weighted by molar-refractivity contribution is -0.146. The second-order valence-electron chi connectivity index (χ2n) is 5.94. The second kappa shape index (κ2) is 6.32. The molecule has 7 nitrogen and oxygen atoms in total. The quantitative estimate of drug-likeness (QED) is 0.708. The Morgan fingerprint density at radius 1 is 1.43 bits per heavy atom. The number of carbonyl (C=O) groups excluding carboxylic acids is 2. The summed E-state index contributed by atoms with van der Waals surface area (Å²) in [6.07, 6.45) is 3.56. The fourth-order valence-electron chi connectivity index (χ4n) is 3.07. The molecule has 2 fully saturated rings. The van der Waals surface area contributed by atoms with E-state index in [0.717, 1.165) is 19.3 Å². The van der Waals surface area contributed by atoms with E-state index in [1.165, 1.54) is 4.90 Å². The van der Waals surface area contributed by atoms with Gasteiger partial charge < -0.3 is 20.6 Å². The molecule has 1 heterocycles. The van der Waals surface area contributed by atoms with Crippen LogP contribution in [0.5, 0.6) is 0 Å². The van der Waals surface area contributed by atoms with Gasteiger partial charge in [-0.2, -0.15) is 0 Å². The van der Waals surface area contributed by atoms with Crippen molar-refractivity contribution in [1.29, 1.82) is 0 Å². The van der Waals surface area contributed by atoms with Gasteiger partial charge in [-0.1, -0.05) is 13.3 Å². The minimum Gasteiger partial charge on any atom is -0.480 e. The van der Waals surface area contributed by atoms with Crippen molar-refractivity contribution in [1.82, 2.24) is 15.5 Å². The van der Waals surface area contributed by atoms with E-state index in [1.807, 2.05) is 0 Å². The Kier molecular flexibility index (Phi) is 4.69. The van der Waals surface area contributed by atoms with Crippen LogP contribution in [0.4, 0.5) is 4.79 Å². The topological polar surface area (TPSA) is 98.7 Å². The molecule has 3 N–H and O–H groups in total. The molecule has 0 aromatic heterocycles. The number of piperazine rings is 1. The molecule has 21 heavy (non-hydrogen) atoms. The molecular weight excluding hydrogens is 274 g/mol. The summed E-state index contributed by atoms with van der Waals surface area (Å²) in [5.74, 6) is -0.655. The van der Waals surface area contributed by atoms with E-state index in [9.17, 15) is 19.5 Å². The average molecular weight is 297 g/mol. The van der Waals surface area contributed by atoms with E-state index < -0.39 is 17.5 Å². The number of carbonyl (C=O) groups is 3. The van der Waals surface area contributed by atoms with Crippen LogP contribution < -0.4 is 10.6 Å². The van der Waals surface area contributed by atoms with Gasteiger partial charge in [0.25, 0.3) is 0 Å². The molecule has 2 rings (SSSR count). The molecule has 3 amide bonds. The van der Waals surface area contributed by atoms with Crippen molar-refractivity contribution in [2.24, 2.45) is 5.92 Å². The van der Waals surface area contributed by atoms with Gasteiger partial charge in [-0.25, -0.2) is 9.59 Å². The van der Waals surface area contributed by atoms with Gasteiger partial charge in [-0.3, -0.25) is 4.79 Å². The van der Waals surface area contributed by atoms with E-state index in [0.29, 0.717) is 31.8 Å². The lowest BCUT2D eigenvalue weighted by Gasteiger charge is -2.39. The lowest BCUT2D eigenvalue weighted by Crippen LogP contribution is -2.61. The van der Waals surface area contributed by atoms with Gasteiger partial charge in [0.2, 0.25) is 5.91 Å². The highest BCUT2D eigenvalue weighted by Gasteiger charge is 2.43. The van der Waals surface area contributed by atoms with Crippen LogP contribution in [0.25, 0.3) is 0 Å². The summed E-state index contributed by atoms with van der Waals surface area (Å²) in [5, 5.41) is 14.8.